The third-order valence-corrected chi connectivity index (χ3v) is 4.87. The van der Waals surface area contributed by atoms with Crippen LogP contribution >= 0.6 is 0 Å². The Morgan fingerprint density at radius 1 is 1.00 bits per heavy atom. The number of carbonyl (C=O) groups is 2. The average Bonchev–Trinajstić information content (AvgIpc) is 2.72. The third-order valence-electron chi connectivity index (χ3n) is 4.87. The van der Waals surface area contributed by atoms with Crippen LogP contribution in [0.3, 0.4) is 0 Å². The van der Waals surface area contributed by atoms with Gasteiger partial charge in [-0.3, -0.25) is 9.59 Å². The van der Waals surface area contributed by atoms with Crippen LogP contribution in [0, 0.1) is 11.3 Å². The molecule has 1 heterocycles. The zero-order valence-electron chi connectivity index (χ0n) is 15.7. The minimum Gasteiger partial charge on any atom is -0.367 e. The van der Waals surface area contributed by atoms with Gasteiger partial charge in [-0.15, -0.1) is 0 Å². The van der Waals surface area contributed by atoms with Crippen molar-refractivity contribution in [2.24, 2.45) is 0 Å². The number of carbonyl (C=O) groups excluding carboxylic acids is 2. The van der Waals surface area contributed by atoms with Crippen molar-refractivity contribution in [3.63, 3.8) is 0 Å². The summed E-state index contributed by atoms with van der Waals surface area (Å²) in [6.45, 7) is 2.84. The number of piperazine rings is 1. The summed E-state index contributed by atoms with van der Waals surface area (Å²) < 4.78 is 38.7. The molecule has 2 aromatic rings. The van der Waals surface area contributed by atoms with E-state index in [0.29, 0.717) is 43.0 Å². The number of hydrogen-bond acceptors (Lipinski definition) is 4. The molecule has 0 radical (unpaired) electrons. The first kappa shape index (κ1) is 20.4. The second-order valence-corrected chi connectivity index (χ2v) is 6.76. The number of anilines is 1. The molecule has 0 atom stereocenters. The molecule has 1 aliphatic heterocycles. The highest BCUT2D eigenvalue weighted by atomic mass is 19.4. The van der Waals surface area contributed by atoms with Gasteiger partial charge in [-0.1, -0.05) is 6.07 Å². The molecule has 150 valence electrons. The number of halogens is 3. The molecule has 8 heteroatoms. The lowest BCUT2D eigenvalue weighted by Crippen LogP contribution is -2.49. The largest absolute Gasteiger partial charge is 0.416 e. The summed E-state index contributed by atoms with van der Waals surface area (Å²) in [6, 6.07) is 11.3. The van der Waals surface area contributed by atoms with Crippen LogP contribution in [0.15, 0.2) is 42.5 Å². The van der Waals surface area contributed by atoms with Gasteiger partial charge in [0.05, 0.1) is 16.8 Å². The van der Waals surface area contributed by atoms with Gasteiger partial charge in [0.25, 0.3) is 5.91 Å². The Kier molecular flexibility index (Phi) is 5.59. The minimum atomic E-state index is -4.51. The molecule has 0 saturated carbocycles. The van der Waals surface area contributed by atoms with E-state index in [1.807, 2.05) is 4.90 Å². The molecule has 5 nitrogen and oxygen atoms in total. The molecular formula is C21H18F3N3O2. The Bertz CT molecular complexity index is 987. The van der Waals surface area contributed by atoms with E-state index in [2.05, 4.69) is 6.07 Å². The number of nitriles is 1. The SMILES string of the molecule is CC(=O)c1ccc(C#N)c(N2CCN(C(=O)c3cccc(C(F)(F)F)c3)CC2)c1. The van der Waals surface area contributed by atoms with Gasteiger partial charge in [0.2, 0.25) is 0 Å². The number of alkyl halides is 3. The maximum Gasteiger partial charge on any atom is 0.416 e. The van der Waals surface area contributed by atoms with Gasteiger partial charge in [-0.2, -0.15) is 18.4 Å². The van der Waals surface area contributed by atoms with Gasteiger partial charge in [0, 0.05) is 37.3 Å². The fourth-order valence-electron chi connectivity index (χ4n) is 3.27. The smallest absolute Gasteiger partial charge is 0.367 e. The normalized spacial score (nSPS) is 14.4. The van der Waals surface area contributed by atoms with Gasteiger partial charge in [0.15, 0.2) is 5.78 Å². The molecule has 3 rings (SSSR count). The Morgan fingerprint density at radius 2 is 1.69 bits per heavy atom. The van der Waals surface area contributed by atoms with Crippen LogP contribution in [0.2, 0.25) is 0 Å². The lowest BCUT2D eigenvalue weighted by atomic mass is 10.1. The van der Waals surface area contributed by atoms with Crippen molar-refractivity contribution in [3.05, 3.63) is 64.7 Å². The highest BCUT2D eigenvalue weighted by Gasteiger charge is 2.32. The summed E-state index contributed by atoms with van der Waals surface area (Å²) in [5.41, 5.74) is 0.659. The predicted molar refractivity (Wildman–Crippen MR) is 101 cm³/mol. The maximum atomic E-state index is 12.9. The summed E-state index contributed by atoms with van der Waals surface area (Å²) in [5.74, 6) is -0.581. The number of benzene rings is 2. The van der Waals surface area contributed by atoms with E-state index in [9.17, 15) is 28.0 Å². The van der Waals surface area contributed by atoms with E-state index >= 15 is 0 Å². The zero-order valence-corrected chi connectivity index (χ0v) is 15.7. The Morgan fingerprint density at radius 3 is 2.28 bits per heavy atom. The molecule has 0 aliphatic carbocycles. The number of amides is 1. The van der Waals surface area contributed by atoms with Crippen LogP contribution in [0.4, 0.5) is 18.9 Å². The van der Waals surface area contributed by atoms with Gasteiger partial charge < -0.3 is 9.80 Å². The van der Waals surface area contributed by atoms with Crippen molar-refractivity contribution < 1.29 is 22.8 Å². The third kappa shape index (κ3) is 4.40. The highest BCUT2D eigenvalue weighted by molar-refractivity contribution is 5.96. The van der Waals surface area contributed by atoms with Crippen LogP contribution in [0.1, 0.15) is 38.8 Å². The van der Waals surface area contributed by atoms with Gasteiger partial charge in [-0.05, 0) is 43.3 Å². The second kappa shape index (κ2) is 7.95. The van der Waals surface area contributed by atoms with Crippen LogP contribution in [0.5, 0.6) is 0 Å². The minimum absolute atomic E-state index is 0.00966. The average molecular weight is 401 g/mol. The highest BCUT2D eigenvalue weighted by Crippen LogP contribution is 2.30. The van der Waals surface area contributed by atoms with Crippen molar-refractivity contribution in [2.75, 3.05) is 31.1 Å². The van der Waals surface area contributed by atoms with Crippen LogP contribution in [0.25, 0.3) is 0 Å². The summed E-state index contributed by atoms with van der Waals surface area (Å²) >= 11 is 0. The number of Topliss-reactive ketones (excluding diaryl/α,β-unsaturated/α-hetero) is 1. The lowest BCUT2D eigenvalue weighted by Gasteiger charge is -2.36. The summed E-state index contributed by atoms with van der Waals surface area (Å²) in [4.78, 5) is 27.7. The Balaban J connectivity index is 1.75. The summed E-state index contributed by atoms with van der Waals surface area (Å²) in [6.07, 6.45) is -4.51. The van der Waals surface area contributed by atoms with Crippen molar-refractivity contribution >= 4 is 17.4 Å². The van der Waals surface area contributed by atoms with E-state index in [1.165, 1.54) is 24.0 Å². The monoisotopic (exact) mass is 401 g/mol. The molecule has 0 spiro atoms. The van der Waals surface area contributed by atoms with Crippen LogP contribution in [-0.2, 0) is 6.18 Å². The standard InChI is InChI=1S/C21H18F3N3O2/c1-14(28)15-5-6-17(13-25)19(12-15)26-7-9-27(10-8-26)20(29)16-3-2-4-18(11-16)21(22,23)24/h2-6,11-12H,7-10H2,1H3. The van der Waals surface area contributed by atoms with E-state index in [-0.39, 0.29) is 11.3 Å². The van der Waals surface area contributed by atoms with Crippen LogP contribution in [-0.4, -0.2) is 42.8 Å². The molecule has 2 aromatic carbocycles. The summed E-state index contributed by atoms with van der Waals surface area (Å²) in [7, 11) is 0. The first-order valence-electron chi connectivity index (χ1n) is 8.97. The summed E-state index contributed by atoms with van der Waals surface area (Å²) in [5, 5.41) is 9.34. The fourth-order valence-corrected chi connectivity index (χ4v) is 3.27. The number of nitrogens with zero attached hydrogens (tertiary/aromatic N) is 3. The molecule has 0 unspecified atom stereocenters. The van der Waals surface area contributed by atoms with Gasteiger partial charge in [-0.25, -0.2) is 0 Å². The molecule has 0 aromatic heterocycles. The number of rotatable bonds is 3. The van der Waals surface area contributed by atoms with E-state index in [0.717, 1.165) is 12.1 Å². The molecule has 29 heavy (non-hydrogen) atoms. The Hall–Kier alpha value is -3.34. The number of ketones is 1. The van der Waals surface area contributed by atoms with Crippen molar-refractivity contribution in [2.45, 2.75) is 13.1 Å². The van der Waals surface area contributed by atoms with Crippen molar-refractivity contribution in [3.8, 4) is 6.07 Å². The van der Waals surface area contributed by atoms with E-state index < -0.39 is 17.6 Å². The molecule has 1 saturated heterocycles. The molecular weight excluding hydrogens is 383 g/mol. The topological polar surface area (TPSA) is 64.4 Å². The van der Waals surface area contributed by atoms with Gasteiger partial charge in [0.1, 0.15) is 6.07 Å². The molecule has 1 fully saturated rings. The fraction of sp³-hybridized carbons (Fsp3) is 0.286. The first-order chi connectivity index (χ1) is 13.7. The molecule has 0 N–H and O–H groups in total. The maximum absolute atomic E-state index is 12.9. The Labute approximate surface area is 165 Å². The zero-order chi connectivity index (χ0) is 21.2. The quantitative estimate of drug-likeness (QED) is 0.735. The molecule has 1 amide bonds. The van der Waals surface area contributed by atoms with E-state index in [1.54, 1.807) is 18.2 Å². The molecule has 0 bridgehead atoms. The second-order valence-electron chi connectivity index (χ2n) is 6.76. The van der Waals surface area contributed by atoms with Crippen molar-refractivity contribution in [1.82, 2.24) is 4.90 Å². The molecule has 1 aliphatic rings. The van der Waals surface area contributed by atoms with Crippen molar-refractivity contribution in [1.29, 1.82) is 5.26 Å². The predicted octanol–water partition coefficient (Wildman–Crippen LogP) is 3.74. The lowest BCUT2D eigenvalue weighted by molar-refractivity contribution is -0.137. The van der Waals surface area contributed by atoms with Crippen LogP contribution < -0.4 is 4.90 Å². The van der Waals surface area contributed by atoms with Gasteiger partial charge >= 0.3 is 6.18 Å². The first-order valence-corrected chi connectivity index (χ1v) is 8.97. The number of hydrogen-bond donors (Lipinski definition) is 0. The van der Waals surface area contributed by atoms with E-state index in [4.69, 9.17) is 0 Å².